The highest BCUT2D eigenvalue weighted by molar-refractivity contribution is 6.00. The SMILES string of the molecule is CC(C)(C)OC(=O)N[C@H]1CC[C@H](NC(=O)c2cc3ccc(C=O)cc3n2Cc2cccc3ccccc23)CC1. The average Bonchev–Trinajstić information content (AvgIpc) is 3.26. The second-order valence-electron chi connectivity index (χ2n) is 11.4. The van der Waals surface area contributed by atoms with Gasteiger partial charge < -0.3 is 19.9 Å². The molecule has 7 heteroatoms. The van der Waals surface area contributed by atoms with E-state index in [0.717, 1.165) is 59.2 Å². The topological polar surface area (TPSA) is 89.4 Å². The van der Waals surface area contributed by atoms with Gasteiger partial charge in [0.25, 0.3) is 5.91 Å². The lowest BCUT2D eigenvalue weighted by molar-refractivity contribution is 0.0487. The number of fused-ring (bicyclic) bond motifs is 2. The highest BCUT2D eigenvalue weighted by atomic mass is 16.6. The number of hydrogen-bond donors (Lipinski definition) is 2. The van der Waals surface area contributed by atoms with Crippen molar-refractivity contribution in [1.29, 1.82) is 0 Å². The average molecular weight is 526 g/mol. The summed E-state index contributed by atoms with van der Waals surface area (Å²) in [5, 5.41) is 9.37. The second-order valence-corrected chi connectivity index (χ2v) is 11.4. The number of nitrogens with zero attached hydrogens (tertiary/aromatic N) is 1. The van der Waals surface area contributed by atoms with E-state index < -0.39 is 11.7 Å². The molecule has 5 rings (SSSR count). The fraction of sp³-hybridized carbons (Fsp3) is 0.344. The molecule has 0 radical (unpaired) electrons. The summed E-state index contributed by atoms with van der Waals surface area (Å²) < 4.78 is 7.39. The molecule has 1 saturated carbocycles. The third-order valence-corrected chi connectivity index (χ3v) is 7.29. The van der Waals surface area contributed by atoms with Crippen molar-refractivity contribution in [2.75, 3.05) is 0 Å². The lowest BCUT2D eigenvalue weighted by atomic mass is 9.91. The molecule has 1 aliphatic rings. The van der Waals surface area contributed by atoms with Gasteiger partial charge in [-0.05, 0) is 74.9 Å². The van der Waals surface area contributed by atoms with Crippen molar-refractivity contribution in [1.82, 2.24) is 15.2 Å². The Morgan fingerprint density at radius 3 is 2.31 bits per heavy atom. The maximum Gasteiger partial charge on any atom is 0.407 e. The predicted molar refractivity (Wildman–Crippen MR) is 153 cm³/mol. The van der Waals surface area contributed by atoms with Crippen molar-refractivity contribution < 1.29 is 19.1 Å². The molecular formula is C32H35N3O4. The van der Waals surface area contributed by atoms with Gasteiger partial charge in [0.1, 0.15) is 17.6 Å². The van der Waals surface area contributed by atoms with Crippen LogP contribution in [0.15, 0.2) is 66.7 Å². The number of rotatable bonds is 6. The third kappa shape index (κ3) is 6.14. The van der Waals surface area contributed by atoms with Gasteiger partial charge in [-0.15, -0.1) is 0 Å². The van der Waals surface area contributed by atoms with Crippen LogP contribution in [0.1, 0.15) is 72.9 Å². The summed E-state index contributed by atoms with van der Waals surface area (Å²) in [5.74, 6) is -0.136. The van der Waals surface area contributed by atoms with Gasteiger partial charge in [0.2, 0.25) is 0 Å². The van der Waals surface area contributed by atoms with E-state index in [-0.39, 0.29) is 18.0 Å². The van der Waals surface area contributed by atoms with E-state index in [9.17, 15) is 14.4 Å². The van der Waals surface area contributed by atoms with E-state index >= 15 is 0 Å². The summed E-state index contributed by atoms with van der Waals surface area (Å²) >= 11 is 0. The molecule has 2 N–H and O–H groups in total. The van der Waals surface area contributed by atoms with Crippen molar-refractivity contribution in [3.05, 3.63) is 83.6 Å². The fourth-order valence-electron chi connectivity index (χ4n) is 5.42. The minimum atomic E-state index is -0.535. The first-order valence-corrected chi connectivity index (χ1v) is 13.6. The lowest BCUT2D eigenvalue weighted by Crippen LogP contribution is -2.45. The van der Waals surface area contributed by atoms with Crippen molar-refractivity contribution in [2.45, 2.75) is 70.7 Å². The van der Waals surface area contributed by atoms with Crippen molar-refractivity contribution in [3.8, 4) is 0 Å². The third-order valence-electron chi connectivity index (χ3n) is 7.29. The van der Waals surface area contributed by atoms with Crippen LogP contribution in [0.3, 0.4) is 0 Å². The Morgan fingerprint density at radius 1 is 0.897 bits per heavy atom. The molecule has 1 heterocycles. The Balaban J connectivity index is 1.35. The van der Waals surface area contributed by atoms with E-state index in [4.69, 9.17) is 4.74 Å². The summed E-state index contributed by atoms with van der Waals surface area (Å²) in [7, 11) is 0. The zero-order valence-electron chi connectivity index (χ0n) is 22.7. The monoisotopic (exact) mass is 525 g/mol. The molecule has 1 aromatic heterocycles. The number of aromatic nitrogens is 1. The van der Waals surface area contributed by atoms with Crippen LogP contribution in [0.5, 0.6) is 0 Å². The van der Waals surface area contributed by atoms with Gasteiger partial charge in [0, 0.05) is 35.1 Å². The van der Waals surface area contributed by atoms with Gasteiger partial charge in [0.05, 0.1) is 0 Å². The lowest BCUT2D eigenvalue weighted by Gasteiger charge is -2.30. The maximum absolute atomic E-state index is 13.6. The molecule has 2 amide bonds. The molecule has 0 aliphatic heterocycles. The number of ether oxygens (including phenoxy) is 1. The molecule has 39 heavy (non-hydrogen) atoms. The van der Waals surface area contributed by atoms with E-state index in [2.05, 4.69) is 34.9 Å². The van der Waals surface area contributed by atoms with Crippen LogP contribution in [0, 0.1) is 0 Å². The molecule has 3 aromatic carbocycles. The summed E-state index contributed by atoms with van der Waals surface area (Å²) in [5.41, 5.74) is 2.55. The van der Waals surface area contributed by atoms with E-state index in [1.165, 1.54) is 0 Å². The summed E-state index contributed by atoms with van der Waals surface area (Å²) in [6.45, 7) is 6.04. The number of benzene rings is 3. The molecule has 7 nitrogen and oxygen atoms in total. The first-order valence-electron chi connectivity index (χ1n) is 13.6. The Bertz CT molecular complexity index is 1520. The van der Waals surface area contributed by atoms with E-state index in [0.29, 0.717) is 17.8 Å². The number of hydrogen-bond acceptors (Lipinski definition) is 4. The number of carbonyl (C=O) groups is 3. The number of nitrogens with one attached hydrogen (secondary N) is 2. The van der Waals surface area contributed by atoms with Crippen LogP contribution >= 0.6 is 0 Å². The zero-order valence-corrected chi connectivity index (χ0v) is 22.7. The normalized spacial score (nSPS) is 17.6. The molecule has 0 saturated heterocycles. The first-order chi connectivity index (χ1) is 18.7. The Morgan fingerprint density at radius 2 is 1.59 bits per heavy atom. The fourth-order valence-corrected chi connectivity index (χ4v) is 5.42. The number of alkyl carbamates (subject to hydrolysis) is 1. The molecule has 0 atom stereocenters. The number of amides is 2. The van der Waals surface area contributed by atoms with Crippen molar-refractivity contribution in [2.24, 2.45) is 0 Å². The van der Waals surface area contributed by atoms with E-state index in [1.54, 1.807) is 6.07 Å². The molecule has 0 unspecified atom stereocenters. The Kier molecular flexibility index (Phi) is 7.42. The summed E-state index contributed by atoms with van der Waals surface area (Å²) in [6.07, 6.45) is 3.51. The van der Waals surface area contributed by atoms with Gasteiger partial charge >= 0.3 is 6.09 Å². The van der Waals surface area contributed by atoms with Gasteiger partial charge in [0.15, 0.2) is 0 Å². The smallest absolute Gasteiger partial charge is 0.407 e. The van der Waals surface area contributed by atoms with Crippen molar-refractivity contribution in [3.63, 3.8) is 0 Å². The number of carbonyl (C=O) groups excluding carboxylic acids is 3. The van der Waals surface area contributed by atoms with Crippen LogP contribution in [-0.2, 0) is 11.3 Å². The maximum atomic E-state index is 13.6. The number of aldehydes is 1. The minimum absolute atomic E-state index is 0.0174. The summed E-state index contributed by atoms with van der Waals surface area (Å²) in [4.78, 5) is 37.3. The molecule has 1 aliphatic carbocycles. The van der Waals surface area contributed by atoms with Crippen LogP contribution in [0.25, 0.3) is 21.7 Å². The molecule has 4 aromatic rings. The van der Waals surface area contributed by atoms with Crippen molar-refractivity contribution >= 4 is 40.0 Å². The van der Waals surface area contributed by atoms with Gasteiger partial charge in [-0.3, -0.25) is 9.59 Å². The Hall–Kier alpha value is -4.13. The molecule has 202 valence electrons. The van der Waals surface area contributed by atoms with Crippen LogP contribution < -0.4 is 10.6 Å². The minimum Gasteiger partial charge on any atom is -0.444 e. The first kappa shape index (κ1) is 26.5. The van der Waals surface area contributed by atoms with Crippen LogP contribution in [-0.4, -0.2) is 40.5 Å². The molecular weight excluding hydrogens is 490 g/mol. The molecule has 0 bridgehead atoms. The highest BCUT2D eigenvalue weighted by Gasteiger charge is 2.27. The van der Waals surface area contributed by atoms with Crippen LogP contribution in [0.2, 0.25) is 0 Å². The summed E-state index contributed by atoms with van der Waals surface area (Å²) in [6, 6.07) is 21.9. The molecule has 1 fully saturated rings. The van der Waals surface area contributed by atoms with Gasteiger partial charge in [-0.2, -0.15) is 0 Å². The zero-order chi connectivity index (χ0) is 27.6. The highest BCUT2D eigenvalue weighted by Crippen LogP contribution is 2.27. The molecule has 0 spiro atoms. The standard InChI is InChI=1S/C32H35N3O4/c1-32(2,3)39-31(38)34-26-15-13-25(14-16-26)33-30(37)29-18-23-12-11-21(20-36)17-28(23)35(29)19-24-9-6-8-22-7-4-5-10-27(22)24/h4-12,17-18,20,25-26H,13-16,19H2,1-3H3,(H,33,37)(H,34,38)/t25-,26-. The van der Waals surface area contributed by atoms with Crippen LogP contribution in [0.4, 0.5) is 4.79 Å². The predicted octanol–water partition coefficient (Wildman–Crippen LogP) is 6.22. The largest absolute Gasteiger partial charge is 0.444 e. The quantitative estimate of drug-likeness (QED) is 0.293. The Labute approximate surface area is 228 Å². The second kappa shape index (κ2) is 10.9. The van der Waals surface area contributed by atoms with E-state index in [1.807, 2.05) is 61.7 Å². The van der Waals surface area contributed by atoms with Gasteiger partial charge in [-0.1, -0.05) is 54.6 Å². The van der Waals surface area contributed by atoms with Gasteiger partial charge in [-0.25, -0.2) is 4.79 Å².